The number of aryl methyl sites for hydroxylation is 1. The van der Waals surface area contributed by atoms with Crippen molar-refractivity contribution in [1.29, 1.82) is 0 Å². The van der Waals surface area contributed by atoms with Crippen molar-refractivity contribution in [3.05, 3.63) is 22.2 Å². The summed E-state index contributed by atoms with van der Waals surface area (Å²) in [5, 5.41) is 0.730. The molecule has 16 heavy (non-hydrogen) atoms. The molecule has 0 radical (unpaired) electrons. The Balaban J connectivity index is 1.98. The molecule has 0 amide bonds. The molecule has 0 N–H and O–H groups in total. The van der Waals surface area contributed by atoms with Crippen LogP contribution < -0.4 is 0 Å². The highest BCUT2D eigenvalue weighted by molar-refractivity contribution is 6.30. The summed E-state index contributed by atoms with van der Waals surface area (Å²) in [5.74, 6) is 1.60. The minimum absolute atomic E-state index is 0.589. The van der Waals surface area contributed by atoms with E-state index in [0.29, 0.717) is 5.92 Å². The van der Waals surface area contributed by atoms with Crippen LogP contribution in [0.25, 0.3) is 0 Å². The Morgan fingerprint density at radius 1 is 0.938 bits per heavy atom. The van der Waals surface area contributed by atoms with Crippen molar-refractivity contribution in [3.8, 4) is 0 Å². The fourth-order valence-corrected chi connectivity index (χ4v) is 2.88. The molecule has 0 unspecified atom stereocenters. The average molecular weight is 237 g/mol. The van der Waals surface area contributed by atoms with Crippen LogP contribution in [0.3, 0.4) is 0 Å². The molecule has 1 fully saturated rings. The average Bonchev–Trinajstić information content (AvgIpc) is 2.40. The van der Waals surface area contributed by atoms with Gasteiger partial charge in [0.25, 0.3) is 0 Å². The summed E-state index contributed by atoms with van der Waals surface area (Å²) in [5.41, 5.74) is 2.46. The highest BCUT2D eigenvalue weighted by atomic mass is 35.5. The van der Waals surface area contributed by atoms with Gasteiger partial charge in [0.1, 0.15) is 11.0 Å². The second kappa shape index (κ2) is 4.33. The molecule has 3 rings (SSSR count). The van der Waals surface area contributed by atoms with Crippen molar-refractivity contribution < 1.29 is 0 Å². The van der Waals surface area contributed by atoms with Crippen molar-refractivity contribution >= 4 is 11.6 Å². The predicted molar refractivity (Wildman–Crippen MR) is 64.9 cm³/mol. The van der Waals surface area contributed by atoms with Gasteiger partial charge in [-0.3, -0.25) is 0 Å². The molecule has 0 spiro atoms. The first-order valence-electron chi connectivity index (χ1n) is 6.40. The summed E-state index contributed by atoms with van der Waals surface area (Å²) in [7, 11) is 0. The minimum Gasteiger partial charge on any atom is -0.237 e. The lowest BCUT2D eigenvalue weighted by atomic mass is 9.84. The SMILES string of the molecule is Clc1nc(C2CCC2)nc2c1CCCCC2. The van der Waals surface area contributed by atoms with Gasteiger partial charge in [-0.15, -0.1) is 0 Å². The lowest BCUT2D eigenvalue weighted by Crippen LogP contribution is -2.15. The smallest absolute Gasteiger partial charge is 0.136 e. The number of fused-ring (bicyclic) bond motifs is 1. The molecular formula is C13H17ClN2. The van der Waals surface area contributed by atoms with E-state index in [9.17, 15) is 0 Å². The minimum atomic E-state index is 0.589. The maximum atomic E-state index is 6.29. The number of halogens is 1. The van der Waals surface area contributed by atoms with Crippen LogP contribution in [0.1, 0.15) is 61.5 Å². The molecule has 0 bridgehead atoms. The molecule has 3 heteroatoms. The Labute approximate surface area is 101 Å². The molecule has 2 aliphatic rings. The van der Waals surface area contributed by atoms with Crippen LogP contribution in [-0.2, 0) is 12.8 Å². The summed E-state index contributed by atoms with van der Waals surface area (Å²) < 4.78 is 0. The van der Waals surface area contributed by atoms with E-state index < -0.39 is 0 Å². The number of rotatable bonds is 1. The van der Waals surface area contributed by atoms with E-state index in [2.05, 4.69) is 4.98 Å². The molecule has 1 heterocycles. The van der Waals surface area contributed by atoms with E-state index in [0.717, 1.165) is 23.8 Å². The summed E-state index contributed by atoms with van der Waals surface area (Å²) in [4.78, 5) is 9.27. The highest BCUT2D eigenvalue weighted by Gasteiger charge is 2.25. The van der Waals surface area contributed by atoms with Crippen molar-refractivity contribution in [1.82, 2.24) is 9.97 Å². The van der Waals surface area contributed by atoms with Crippen LogP contribution in [0.2, 0.25) is 5.15 Å². The Morgan fingerprint density at radius 2 is 1.75 bits per heavy atom. The number of hydrogen-bond donors (Lipinski definition) is 0. The second-order valence-electron chi connectivity index (χ2n) is 4.99. The molecule has 86 valence electrons. The van der Waals surface area contributed by atoms with Crippen molar-refractivity contribution in [3.63, 3.8) is 0 Å². The second-order valence-corrected chi connectivity index (χ2v) is 5.34. The fourth-order valence-electron chi connectivity index (χ4n) is 2.59. The Hall–Kier alpha value is -0.630. The van der Waals surface area contributed by atoms with E-state index in [1.54, 1.807) is 0 Å². The molecule has 1 aromatic rings. The first-order valence-corrected chi connectivity index (χ1v) is 6.77. The highest BCUT2D eigenvalue weighted by Crippen LogP contribution is 2.36. The van der Waals surface area contributed by atoms with Gasteiger partial charge in [0.15, 0.2) is 0 Å². The van der Waals surface area contributed by atoms with Crippen LogP contribution in [0.4, 0.5) is 0 Å². The molecular weight excluding hydrogens is 220 g/mol. The third-order valence-corrected chi connectivity index (χ3v) is 4.18. The standard InChI is InChI=1S/C13H17ClN2/c14-12-10-7-2-1-3-8-11(10)15-13(16-12)9-5-4-6-9/h9H,1-8H2. The van der Waals surface area contributed by atoms with Crippen LogP contribution in [0.15, 0.2) is 0 Å². The molecule has 1 saturated carbocycles. The molecule has 0 atom stereocenters. The molecule has 0 saturated heterocycles. The van der Waals surface area contributed by atoms with Crippen LogP contribution >= 0.6 is 11.6 Å². The largest absolute Gasteiger partial charge is 0.237 e. The number of hydrogen-bond acceptors (Lipinski definition) is 2. The van der Waals surface area contributed by atoms with Crippen LogP contribution in [0, 0.1) is 0 Å². The first-order chi connectivity index (χ1) is 7.84. The van der Waals surface area contributed by atoms with Crippen molar-refractivity contribution in [2.45, 2.75) is 57.3 Å². The zero-order valence-electron chi connectivity index (χ0n) is 9.51. The quantitative estimate of drug-likeness (QED) is 0.549. The number of aromatic nitrogens is 2. The van der Waals surface area contributed by atoms with Gasteiger partial charge >= 0.3 is 0 Å². The van der Waals surface area contributed by atoms with Crippen LogP contribution in [-0.4, -0.2) is 9.97 Å². The topological polar surface area (TPSA) is 25.8 Å². The molecule has 2 nitrogen and oxygen atoms in total. The van der Waals surface area contributed by atoms with E-state index in [4.69, 9.17) is 16.6 Å². The Morgan fingerprint density at radius 3 is 2.50 bits per heavy atom. The summed E-state index contributed by atoms with van der Waals surface area (Å²) >= 11 is 6.29. The van der Waals surface area contributed by atoms with Crippen LogP contribution in [0.5, 0.6) is 0 Å². The zero-order chi connectivity index (χ0) is 11.0. The summed E-state index contributed by atoms with van der Waals surface area (Å²) in [6, 6.07) is 0. The molecule has 1 aromatic heterocycles. The molecule has 0 aromatic carbocycles. The lowest BCUT2D eigenvalue weighted by molar-refractivity contribution is 0.400. The van der Waals surface area contributed by atoms with Crippen molar-refractivity contribution in [2.75, 3.05) is 0 Å². The monoisotopic (exact) mass is 236 g/mol. The van der Waals surface area contributed by atoms with Gasteiger partial charge in [-0.05, 0) is 38.5 Å². The van der Waals surface area contributed by atoms with Gasteiger partial charge in [-0.25, -0.2) is 9.97 Å². The fraction of sp³-hybridized carbons (Fsp3) is 0.692. The van der Waals surface area contributed by atoms with E-state index in [1.807, 2.05) is 0 Å². The predicted octanol–water partition coefficient (Wildman–Crippen LogP) is 3.67. The third kappa shape index (κ3) is 1.84. The first kappa shape index (κ1) is 10.5. The van der Waals surface area contributed by atoms with Gasteiger partial charge in [0.2, 0.25) is 0 Å². The van der Waals surface area contributed by atoms with Gasteiger partial charge in [0, 0.05) is 17.2 Å². The summed E-state index contributed by atoms with van der Waals surface area (Å²) in [6.07, 6.45) is 9.76. The van der Waals surface area contributed by atoms with E-state index >= 15 is 0 Å². The third-order valence-electron chi connectivity index (χ3n) is 3.87. The van der Waals surface area contributed by atoms with Gasteiger partial charge in [-0.2, -0.15) is 0 Å². The lowest BCUT2D eigenvalue weighted by Gasteiger charge is -2.24. The Kier molecular flexibility index (Phi) is 2.84. The van der Waals surface area contributed by atoms with Gasteiger partial charge < -0.3 is 0 Å². The van der Waals surface area contributed by atoms with Gasteiger partial charge in [-0.1, -0.05) is 24.4 Å². The zero-order valence-corrected chi connectivity index (χ0v) is 10.3. The van der Waals surface area contributed by atoms with E-state index in [-0.39, 0.29) is 0 Å². The van der Waals surface area contributed by atoms with Crippen molar-refractivity contribution in [2.24, 2.45) is 0 Å². The van der Waals surface area contributed by atoms with Gasteiger partial charge in [0.05, 0.1) is 0 Å². The molecule has 0 aliphatic heterocycles. The maximum Gasteiger partial charge on any atom is 0.136 e. The van der Waals surface area contributed by atoms with E-state index in [1.165, 1.54) is 49.8 Å². The molecule has 2 aliphatic carbocycles. The Bertz CT molecular complexity index is 399. The normalized spacial score (nSPS) is 21.1. The maximum absolute atomic E-state index is 6.29. The number of nitrogens with zero attached hydrogens (tertiary/aromatic N) is 2. The summed E-state index contributed by atoms with van der Waals surface area (Å²) in [6.45, 7) is 0.